The highest BCUT2D eigenvalue weighted by Crippen LogP contribution is 2.34. The summed E-state index contributed by atoms with van der Waals surface area (Å²) in [6.07, 6.45) is 1.45. The topological polar surface area (TPSA) is 102 Å². The molecule has 0 radical (unpaired) electrons. The number of anilines is 3. The number of nitrogens with zero attached hydrogens (tertiary/aromatic N) is 2. The van der Waals surface area contributed by atoms with Gasteiger partial charge in [-0.25, -0.2) is 18.4 Å². The molecule has 3 aromatic rings. The molecule has 140 valence electrons. The minimum absolute atomic E-state index is 0.430. The van der Waals surface area contributed by atoms with Crippen molar-refractivity contribution in [2.75, 3.05) is 24.3 Å². The van der Waals surface area contributed by atoms with Gasteiger partial charge >= 0.3 is 0 Å². The van der Waals surface area contributed by atoms with Crippen molar-refractivity contribution in [1.82, 2.24) is 9.97 Å². The predicted octanol–water partition coefficient (Wildman–Crippen LogP) is 3.28. The van der Waals surface area contributed by atoms with Crippen LogP contribution < -0.4 is 19.5 Å². The second-order valence-electron chi connectivity index (χ2n) is 5.46. The van der Waals surface area contributed by atoms with Crippen LogP contribution in [-0.2, 0) is 10.0 Å². The smallest absolute Gasteiger partial charge is 0.254 e. The standard InChI is InChI=1S/C18H18N4O4S/c1-4-27(23,24)22-13-7-5-12(6-8-13)21-18-14-9-16(25-2)17(26-3)10-15(14)19-11-20-18/h4-11,22H,1H2,2-3H3,(H,19,20,21). The van der Waals surface area contributed by atoms with Crippen LogP contribution in [0.2, 0.25) is 0 Å². The number of hydrogen-bond donors (Lipinski definition) is 2. The molecule has 0 fully saturated rings. The Bertz CT molecular complexity index is 1080. The summed E-state index contributed by atoms with van der Waals surface area (Å²) in [6.45, 7) is 3.26. The molecule has 27 heavy (non-hydrogen) atoms. The largest absolute Gasteiger partial charge is 0.493 e. The number of methoxy groups -OCH3 is 2. The van der Waals surface area contributed by atoms with E-state index in [0.717, 1.165) is 16.5 Å². The maximum Gasteiger partial charge on any atom is 0.254 e. The van der Waals surface area contributed by atoms with Crippen LogP contribution in [0.5, 0.6) is 11.5 Å². The molecule has 0 spiro atoms. The lowest BCUT2D eigenvalue weighted by Crippen LogP contribution is -2.08. The molecule has 2 N–H and O–H groups in total. The minimum atomic E-state index is -3.54. The summed E-state index contributed by atoms with van der Waals surface area (Å²) in [7, 11) is -0.419. The summed E-state index contributed by atoms with van der Waals surface area (Å²) in [5.74, 6) is 1.73. The van der Waals surface area contributed by atoms with Gasteiger partial charge in [-0.15, -0.1) is 0 Å². The normalized spacial score (nSPS) is 11.0. The summed E-state index contributed by atoms with van der Waals surface area (Å²) < 4.78 is 36.1. The predicted molar refractivity (Wildman–Crippen MR) is 105 cm³/mol. The van der Waals surface area contributed by atoms with E-state index in [-0.39, 0.29) is 0 Å². The van der Waals surface area contributed by atoms with Crippen LogP contribution in [0.15, 0.2) is 54.7 Å². The van der Waals surface area contributed by atoms with Crippen LogP contribution in [0.3, 0.4) is 0 Å². The molecule has 0 atom stereocenters. The van der Waals surface area contributed by atoms with Crippen LogP contribution in [0.4, 0.5) is 17.2 Å². The SMILES string of the molecule is C=CS(=O)(=O)Nc1ccc(Nc2ncnc3cc(OC)c(OC)cc23)cc1. The lowest BCUT2D eigenvalue weighted by Gasteiger charge is -2.12. The fraction of sp³-hybridized carbons (Fsp3) is 0.111. The van der Waals surface area contributed by atoms with Gasteiger partial charge in [0.2, 0.25) is 0 Å². The van der Waals surface area contributed by atoms with Gasteiger partial charge in [-0.1, -0.05) is 6.58 Å². The van der Waals surface area contributed by atoms with Gasteiger partial charge in [-0.05, 0) is 30.3 Å². The average molecular weight is 386 g/mol. The fourth-order valence-electron chi connectivity index (χ4n) is 2.45. The van der Waals surface area contributed by atoms with Gasteiger partial charge in [0.1, 0.15) is 12.1 Å². The van der Waals surface area contributed by atoms with Crippen LogP contribution in [0.1, 0.15) is 0 Å². The van der Waals surface area contributed by atoms with Crippen LogP contribution in [0, 0.1) is 0 Å². The minimum Gasteiger partial charge on any atom is -0.493 e. The van der Waals surface area contributed by atoms with Gasteiger partial charge in [-0.3, -0.25) is 4.72 Å². The third-order valence-corrected chi connectivity index (χ3v) is 4.73. The Hall–Kier alpha value is -3.33. The molecule has 0 saturated carbocycles. The summed E-state index contributed by atoms with van der Waals surface area (Å²) in [5, 5.41) is 4.81. The summed E-state index contributed by atoms with van der Waals surface area (Å²) in [6, 6.07) is 10.3. The van der Waals surface area contributed by atoms with Crippen LogP contribution >= 0.6 is 0 Å². The van der Waals surface area contributed by atoms with Gasteiger partial charge in [0.25, 0.3) is 10.0 Å². The Morgan fingerprint density at radius 3 is 2.26 bits per heavy atom. The van der Waals surface area contributed by atoms with Gasteiger partial charge in [0, 0.05) is 28.2 Å². The molecule has 0 aliphatic carbocycles. The Morgan fingerprint density at radius 1 is 1.00 bits per heavy atom. The summed E-state index contributed by atoms with van der Waals surface area (Å²) in [5.41, 5.74) is 1.85. The van der Waals surface area contributed by atoms with Crippen molar-refractivity contribution in [3.63, 3.8) is 0 Å². The highest BCUT2D eigenvalue weighted by atomic mass is 32.2. The van der Waals surface area contributed by atoms with Crippen molar-refractivity contribution < 1.29 is 17.9 Å². The van der Waals surface area contributed by atoms with E-state index in [1.165, 1.54) is 6.33 Å². The molecule has 2 aromatic carbocycles. The monoisotopic (exact) mass is 386 g/mol. The molecular weight excluding hydrogens is 368 g/mol. The Morgan fingerprint density at radius 2 is 1.63 bits per heavy atom. The molecule has 0 bridgehead atoms. The fourth-order valence-corrected chi connectivity index (χ4v) is 2.99. The molecular formula is C18H18N4O4S. The first-order valence-corrected chi connectivity index (χ1v) is 9.39. The zero-order valence-corrected chi connectivity index (χ0v) is 15.6. The second kappa shape index (κ2) is 7.50. The maximum atomic E-state index is 11.5. The maximum absolute atomic E-state index is 11.5. The van der Waals surface area contributed by atoms with E-state index >= 15 is 0 Å². The van der Waals surface area contributed by atoms with Crippen molar-refractivity contribution >= 4 is 38.1 Å². The first-order chi connectivity index (χ1) is 13.0. The van der Waals surface area contributed by atoms with Crippen LogP contribution in [0.25, 0.3) is 10.9 Å². The Balaban J connectivity index is 1.91. The summed E-state index contributed by atoms with van der Waals surface area (Å²) >= 11 is 0. The van der Waals surface area contributed by atoms with E-state index < -0.39 is 10.0 Å². The third-order valence-electron chi connectivity index (χ3n) is 3.77. The van der Waals surface area contributed by atoms with Crippen molar-refractivity contribution in [3.8, 4) is 11.5 Å². The Kier molecular flexibility index (Phi) is 5.13. The van der Waals surface area contributed by atoms with E-state index in [0.29, 0.717) is 28.5 Å². The van der Waals surface area contributed by atoms with Gasteiger partial charge < -0.3 is 14.8 Å². The number of rotatable bonds is 7. The lowest BCUT2D eigenvalue weighted by atomic mass is 10.2. The van der Waals surface area contributed by atoms with E-state index in [9.17, 15) is 8.42 Å². The number of ether oxygens (including phenoxy) is 2. The zero-order chi connectivity index (χ0) is 19.4. The third kappa shape index (κ3) is 4.09. The molecule has 1 heterocycles. The van der Waals surface area contributed by atoms with Crippen LogP contribution in [-0.4, -0.2) is 32.6 Å². The first-order valence-electron chi connectivity index (χ1n) is 7.85. The van der Waals surface area contributed by atoms with Crippen molar-refractivity contribution in [2.24, 2.45) is 0 Å². The van der Waals surface area contributed by atoms with Crippen molar-refractivity contribution in [1.29, 1.82) is 0 Å². The van der Waals surface area contributed by atoms with Gasteiger partial charge in [0.05, 0.1) is 19.7 Å². The summed E-state index contributed by atoms with van der Waals surface area (Å²) in [4.78, 5) is 8.54. The highest BCUT2D eigenvalue weighted by Gasteiger charge is 2.11. The number of hydrogen-bond acceptors (Lipinski definition) is 7. The number of aromatic nitrogens is 2. The number of nitrogens with one attached hydrogen (secondary N) is 2. The van der Waals surface area contributed by atoms with E-state index in [1.807, 2.05) is 0 Å². The molecule has 0 aliphatic rings. The van der Waals surface area contributed by atoms with E-state index in [4.69, 9.17) is 9.47 Å². The first kappa shape index (κ1) is 18.5. The van der Waals surface area contributed by atoms with Crippen molar-refractivity contribution in [3.05, 3.63) is 54.7 Å². The molecule has 8 nitrogen and oxygen atoms in total. The number of benzene rings is 2. The lowest BCUT2D eigenvalue weighted by molar-refractivity contribution is 0.356. The highest BCUT2D eigenvalue weighted by molar-refractivity contribution is 7.95. The molecule has 3 rings (SSSR count). The quantitative estimate of drug-likeness (QED) is 0.642. The average Bonchev–Trinajstić information content (AvgIpc) is 2.68. The van der Waals surface area contributed by atoms with E-state index in [1.54, 1.807) is 50.6 Å². The molecule has 0 unspecified atom stereocenters. The molecule has 0 amide bonds. The molecule has 0 saturated heterocycles. The zero-order valence-electron chi connectivity index (χ0n) is 14.8. The molecule has 1 aromatic heterocycles. The van der Waals surface area contributed by atoms with E-state index in [2.05, 4.69) is 26.6 Å². The number of sulfonamides is 1. The molecule has 9 heteroatoms. The Labute approximate surface area is 156 Å². The van der Waals surface area contributed by atoms with Crippen molar-refractivity contribution in [2.45, 2.75) is 0 Å². The van der Waals surface area contributed by atoms with Gasteiger partial charge in [-0.2, -0.15) is 0 Å². The number of fused-ring (bicyclic) bond motifs is 1. The van der Waals surface area contributed by atoms with Gasteiger partial charge in [0.15, 0.2) is 11.5 Å². The second-order valence-corrected chi connectivity index (χ2v) is 7.09. The molecule has 0 aliphatic heterocycles.